The van der Waals surface area contributed by atoms with Gasteiger partial charge in [-0.05, 0) is 28.1 Å². The van der Waals surface area contributed by atoms with Gasteiger partial charge in [0.2, 0.25) is 11.8 Å². The van der Waals surface area contributed by atoms with Gasteiger partial charge >= 0.3 is 0 Å². The van der Waals surface area contributed by atoms with Gasteiger partial charge in [-0.15, -0.1) is 0 Å². The lowest BCUT2D eigenvalue weighted by atomic mass is 10.4. The molecule has 0 atom stereocenters. The molecule has 6 nitrogen and oxygen atoms in total. The van der Waals surface area contributed by atoms with E-state index in [9.17, 15) is 0 Å². The second-order valence-electron chi connectivity index (χ2n) is 3.12. The first-order valence-corrected chi connectivity index (χ1v) is 5.66. The minimum absolute atomic E-state index is 0.482. The molecule has 0 bridgehead atoms. The number of aromatic nitrogens is 4. The van der Waals surface area contributed by atoms with Gasteiger partial charge in [0, 0.05) is 6.20 Å². The third kappa shape index (κ3) is 3.10. The molecule has 0 aliphatic carbocycles. The monoisotopic (exact) mass is 295 g/mol. The van der Waals surface area contributed by atoms with Gasteiger partial charge in [0.15, 0.2) is 0 Å². The summed E-state index contributed by atoms with van der Waals surface area (Å²) in [5.41, 5.74) is 0.818. The number of methoxy groups -OCH3 is 1. The van der Waals surface area contributed by atoms with Gasteiger partial charge in [-0.25, -0.2) is 4.98 Å². The van der Waals surface area contributed by atoms with E-state index in [0.29, 0.717) is 22.8 Å². The van der Waals surface area contributed by atoms with Crippen LogP contribution in [0.4, 0.5) is 5.95 Å². The van der Waals surface area contributed by atoms with Gasteiger partial charge in [0.25, 0.3) is 0 Å². The molecule has 0 aliphatic rings. The average molecular weight is 296 g/mol. The van der Waals surface area contributed by atoms with E-state index in [0.717, 1.165) is 5.69 Å². The number of ether oxygens (including phenoxy) is 1. The van der Waals surface area contributed by atoms with Crippen molar-refractivity contribution >= 4 is 21.9 Å². The zero-order valence-corrected chi connectivity index (χ0v) is 10.7. The third-order valence-electron chi connectivity index (χ3n) is 1.96. The highest BCUT2D eigenvalue weighted by Gasteiger charge is 2.04. The molecule has 0 saturated heterocycles. The van der Waals surface area contributed by atoms with E-state index in [4.69, 9.17) is 4.74 Å². The number of nitrogens with zero attached hydrogens (tertiary/aromatic N) is 4. The van der Waals surface area contributed by atoms with Crippen LogP contribution in [-0.4, -0.2) is 27.3 Å². The van der Waals surface area contributed by atoms with E-state index >= 15 is 0 Å². The van der Waals surface area contributed by atoms with Crippen molar-refractivity contribution in [2.75, 3.05) is 12.4 Å². The smallest absolute Gasteiger partial charge is 0.232 e. The number of hydrogen-bond acceptors (Lipinski definition) is 6. The first-order chi connectivity index (χ1) is 8.29. The molecule has 2 aromatic rings. The fraction of sp³-hybridized carbons (Fsp3) is 0.200. The van der Waals surface area contributed by atoms with Crippen LogP contribution < -0.4 is 10.1 Å². The molecule has 88 valence electrons. The van der Waals surface area contributed by atoms with Crippen molar-refractivity contribution in [3.05, 3.63) is 34.7 Å². The Labute approximate surface area is 107 Å². The largest absolute Gasteiger partial charge is 0.480 e. The van der Waals surface area contributed by atoms with E-state index in [1.54, 1.807) is 19.5 Å². The third-order valence-corrected chi connectivity index (χ3v) is 2.50. The summed E-state index contributed by atoms with van der Waals surface area (Å²) in [6.07, 6.45) is 3.26. The first kappa shape index (κ1) is 11.7. The summed E-state index contributed by atoms with van der Waals surface area (Å²) < 4.78 is 5.78. The Hall–Kier alpha value is -1.76. The summed E-state index contributed by atoms with van der Waals surface area (Å²) in [5, 5.41) is 10.8. The lowest BCUT2D eigenvalue weighted by Crippen LogP contribution is -2.06. The Kier molecular flexibility index (Phi) is 3.81. The van der Waals surface area contributed by atoms with Crippen molar-refractivity contribution in [2.24, 2.45) is 0 Å². The summed E-state index contributed by atoms with van der Waals surface area (Å²) in [6.45, 7) is 0.513. The summed E-state index contributed by atoms with van der Waals surface area (Å²) >= 11 is 3.29. The highest BCUT2D eigenvalue weighted by atomic mass is 79.9. The Balaban J connectivity index is 2.04. The van der Waals surface area contributed by atoms with Crippen LogP contribution in [0.2, 0.25) is 0 Å². The number of rotatable bonds is 4. The standard InChI is InChI=1S/C10H10BrN5O/c1-17-9-8(11)6-13-10(15-9)12-5-7-3-2-4-14-16-7/h2-4,6H,5H2,1H3,(H,12,13,15). The maximum Gasteiger partial charge on any atom is 0.232 e. The van der Waals surface area contributed by atoms with Crippen LogP contribution in [0, 0.1) is 0 Å². The van der Waals surface area contributed by atoms with E-state index in [2.05, 4.69) is 41.4 Å². The van der Waals surface area contributed by atoms with Gasteiger partial charge < -0.3 is 10.1 Å². The molecule has 7 heteroatoms. The number of anilines is 1. The topological polar surface area (TPSA) is 72.8 Å². The molecule has 0 amide bonds. The predicted molar refractivity (Wildman–Crippen MR) is 65.6 cm³/mol. The van der Waals surface area contributed by atoms with Gasteiger partial charge in [-0.2, -0.15) is 15.2 Å². The molecule has 0 spiro atoms. The van der Waals surface area contributed by atoms with E-state index in [1.807, 2.05) is 12.1 Å². The SMILES string of the molecule is COc1nc(NCc2cccnn2)ncc1Br. The molecule has 0 fully saturated rings. The van der Waals surface area contributed by atoms with Gasteiger partial charge in [0.1, 0.15) is 0 Å². The Bertz CT molecular complexity index is 493. The molecule has 0 unspecified atom stereocenters. The molecule has 0 aliphatic heterocycles. The summed E-state index contributed by atoms with van der Waals surface area (Å²) in [5.74, 6) is 0.970. The van der Waals surface area contributed by atoms with Crippen LogP contribution in [0.3, 0.4) is 0 Å². The zero-order chi connectivity index (χ0) is 12.1. The summed E-state index contributed by atoms with van der Waals surface area (Å²) in [7, 11) is 1.56. The molecule has 0 aromatic carbocycles. The van der Waals surface area contributed by atoms with Crippen LogP contribution in [0.25, 0.3) is 0 Å². The van der Waals surface area contributed by atoms with Crippen LogP contribution in [-0.2, 0) is 6.54 Å². The number of halogens is 1. The predicted octanol–water partition coefficient (Wildman–Crippen LogP) is 1.65. The minimum atomic E-state index is 0.482. The molecular formula is C10H10BrN5O. The van der Waals surface area contributed by atoms with Crippen molar-refractivity contribution in [1.82, 2.24) is 20.2 Å². The molecule has 1 N–H and O–H groups in total. The normalized spacial score (nSPS) is 10.0. The quantitative estimate of drug-likeness (QED) is 0.925. The lowest BCUT2D eigenvalue weighted by Gasteiger charge is -2.06. The van der Waals surface area contributed by atoms with Crippen molar-refractivity contribution in [3.63, 3.8) is 0 Å². The molecule has 2 rings (SSSR count). The zero-order valence-electron chi connectivity index (χ0n) is 9.09. The lowest BCUT2D eigenvalue weighted by molar-refractivity contribution is 0.394. The second-order valence-corrected chi connectivity index (χ2v) is 3.97. The first-order valence-electron chi connectivity index (χ1n) is 4.86. The average Bonchev–Trinajstić information content (AvgIpc) is 2.39. The van der Waals surface area contributed by atoms with E-state index in [1.165, 1.54) is 0 Å². The molecule has 0 saturated carbocycles. The maximum absolute atomic E-state index is 5.07. The fourth-order valence-corrected chi connectivity index (χ4v) is 1.53. The Morgan fingerprint density at radius 1 is 1.47 bits per heavy atom. The van der Waals surface area contributed by atoms with Crippen LogP contribution >= 0.6 is 15.9 Å². The molecular weight excluding hydrogens is 286 g/mol. The fourth-order valence-electron chi connectivity index (χ4n) is 1.18. The summed E-state index contributed by atoms with van der Waals surface area (Å²) in [4.78, 5) is 8.27. The molecule has 0 radical (unpaired) electrons. The Morgan fingerprint density at radius 2 is 2.35 bits per heavy atom. The van der Waals surface area contributed by atoms with Crippen molar-refractivity contribution in [3.8, 4) is 5.88 Å². The molecule has 2 heterocycles. The van der Waals surface area contributed by atoms with Gasteiger partial charge in [-0.3, -0.25) is 0 Å². The number of nitrogens with one attached hydrogen (secondary N) is 1. The van der Waals surface area contributed by atoms with Gasteiger partial charge in [0.05, 0.1) is 30.0 Å². The van der Waals surface area contributed by atoms with Crippen LogP contribution in [0.15, 0.2) is 29.0 Å². The highest BCUT2D eigenvalue weighted by molar-refractivity contribution is 9.10. The summed E-state index contributed by atoms with van der Waals surface area (Å²) in [6, 6.07) is 3.70. The molecule has 2 aromatic heterocycles. The van der Waals surface area contributed by atoms with Crippen molar-refractivity contribution in [1.29, 1.82) is 0 Å². The van der Waals surface area contributed by atoms with Crippen LogP contribution in [0.1, 0.15) is 5.69 Å². The van der Waals surface area contributed by atoms with E-state index in [-0.39, 0.29) is 0 Å². The second kappa shape index (κ2) is 5.53. The van der Waals surface area contributed by atoms with Crippen molar-refractivity contribution < 1.29 is 4.74 Å². The Morgan fingerprint density at radius 3 is 3.06 bits per heavy atom. The van der Waals surface area contributed by atoms with Crippen LogP contribution in [0.5, 0.6) is 5.88 Å². The highest BCUT2D eigenvalue weighted by Crippen LogP contribution is 2.21. The number of hydrogen-bond donors (Lipinski definition) is 1. The molecule has 17 heavy (non-hydrogen) atoms. The maximum atomic E-state index is 5.07. The van der Waals surface area contributed by atoms with Gasteiger partial charge in [-0.1, -0.05) is 0 Å². The van der Waals surface area contributed by atoms with Crippen molar-refractivity contribution in [2.45, 2.75) is 6.54 Å². The minimum Gasteiger partial charge on any atom is -0.480 e. The van der Waals surface area contributed by atoms with E-state index < -0.39 is 0 Å².